The number of aryl methyl sites for hydroxylation is 1. The molecule has 1 aromatic carbocycles. The highest BCUT2D eigenvalue weighted by Gasteiger charge is 2.04. The standard InChI is InChI=1S/C12H13NO/c1-8-4-3-5-10-6-7-11(9(2)14)13-12(8)10/h3-7,9,14H,1-2H3. The van der Waals surface area contributed by atoms with Gasteiger partial charge in [-0.25, -0.2) is 4.98 Å². The fourth-order valence-corrected chi connectivity index (χ4v) is 1.54. The molecule has 2 rings (SSSR count). The molecule has 0 aliphatic rings. The third-order valence-electron chi connectivity index (χ3n) is 2.37. The molecule has 0 spiro atoms. The van der Waals surface area contributed by atoms with Crippen LogP contribution in [0.4, 0.5) is 0 Å². The number of benzene rings is 1. The molecule has 0 saturated carbocycles. The third-order valence-corrected chi connectivity index (χ3v) is 2.37. The van der Waals surface area contributed by atoms with Gasteiger partial charge in [0.15, 0.2) is 0 Å². The Labute approximate surface area is 83.2 Å². The molecule has 1 atom stereocenters. The van der Waals surface area contributed by atoms with Gasteiger partial charge in [-0.2, -0.15) is 0 Å². The number of hydrogen-bond acceptors (Lipinski definition) is 2. The Hall–Kier alpha value is -1.41. The van der Waals surface area contributed by atoms with E-state index in [1.54, 1.807) is 6.92 Å². The second-order valence-corrected chi connectivity index (χ2v) is 3.56. The van der Waals surface area contributed by atoms with Crippen molar-refractivity contribution >= 4 is 10.9 Å². The average Bonchev–Trinajstić information content (AvgIpc) is 2.18. The van der Waals surface area contributed by atoms with Crippen LogP contribution in [0.25, 0.3) is 10.9 Å². The summed E-state index contributed by atoms with van der Waals surface area (Å²) < 4.78 is 0. The summed E-state index contributed by atoms with van der Waals surface area (Å²) in [6.45, 7) is 3.76. The molecule has 0 radical (unpaired) electrons. The quantitative estimate of drug-likeness (QED) is 0.744. The van der Waals surface area contributed by atoms with Crippen LogP contribution in [0, 0.1) is 6.92 Å². The van der Waals surface area contributed by atoms with E-state index in [2.05, 4.69) is 4.98 Å². The van der Waals surface area contributed by atoms with Gasteiger partial charge in [-0.05, 0) is 25.5 Å². The van der Waals surface area contributed by atoms with E-state index in [1.165, 1.54) is 0 Å². The van der Waals surface area contributed by atoms with E-state index < -0.39 is 6.10 Å². The van der Waals surface area contributed by atoms with E-state index in [4.69, 9.17) is 0 Å². The normalized spacial score (nSPS) is 13.1. The Balaban J connectivity index is 2.70. The van der Waals surface area contributed by atoms with Crippen LogP contribution < -0.4 is 0 Å². The highest BCUT2D eigenvalue weighted by molar-refractivity contribution is 5.81. The predicted octanol–water partition coefficient (Wildman–Crippen LogP) is 2.60. The lowest BCUT2D eigenvalue weighted by molar-refractivity contribution is 0.195. The summed E-state index contributed by atoms with van der Waals surface area (Å²) in [5.41, 5.74) is 2.85. The Morgan fingerprint density at radius 1 is 1.21 bits per heavy atom. The molecular weight excluding hydrogens is 174 g/mol. The highest BCUT2D eigenvalue weighted by Crippen LogP contribution is 2.19. The minimum Gasteiger partial charge on any atom is -0.387 e. The number of aliphatic hydroxyl groups is 1. The van der Waals surface area contributed by atoms with Crippen molar-refractivity contribution < 1.29 is 5.11 Å². The van der Waals surface area contributed by atoms with E-state index in [0.29, 0.717) is 0 Å². The van der Waals surface area contributed by atoms with Crippen molar-refractivity contribution in [3.8, 4) is 0 Å². The Kier molecular flexibility index (Phi) is 2.22. The molecule has 0 aliphatic carbocycles. The van der Waals surface area contributed by atoms with Gasteiger partial charge in [0, 0.05) is 5.39 Å². The second kappa shape index (κ2) is 3.39. The van der Waals surface area contributed by atoms with Gasteiger partial charge in [-0.15, -0.1) is 0 Å². The maximum absolute atomic E-state index is 9.41. The van der Waals surface area contributed by atoms with Gasteiger partial charge >= 0.3 is 0 Å². The minimum absolute atomic E-state index is 0.501. The van der Waals surface area contributed by atoms with Crippen LogP contribution in [0.2, 0.25) is 0 Å². The van der Waals surface area contributed by atoms with E-state index >= 15 is 0 Å². The number of aromatic nitrogens is 1. The Morgan fingerprint density at radius 2 is 2.00 bits per heavy atom. The number of aliphatic hydroxyl groups excluding tert-OH is 1. The zero-order valence-corrected chi connectivity index (χ0v) is 8.36. The summed E-state index contributed by atoms with van der Waals surface area (Å²) >= 11 is 0. The van der Waals surface area contributed by atoms with Crippen molar-refractivity contribution in [2.75, 3.05) is 0 Å². The summed E-state index contributed by atoms with van der Waals surface area (Å²) in [4.78, 5) is 4.42. The predicted molar refractivity (Wildman–Crippen MR) is 57.1 cm³/mol. The SMILES string of the molecule is Cc1cccc2ccc(C(C)O)nc12. The van der Waals surface area contributed by atoms with Gasteiger partial charge in [-0.3, -0.25) is 0 Å². The minimum atomic E-state index is -0.501. The second-order valence-electron chi connectivity index (χ2n) is 3.56. The molecule has 0 fully saturated rings. The lowest BCUT2D eigenvalue weighted by atomic mass is 10.1. The third kappa shape index (κ3) is 1.49. The monoisotopic (exact) mass is 187 g/mol. The first kappa shape index (κ1) is 9.16. The van der Waals surface area contributed by atoms with Gasteiger partial charge < -0.3 is 5.11 Å². The number of fused-ring (bicyclic) bond motifs is 1. The van der Waals surface area contributed by atoms with Gasteiger partial charge in [0.05, 0.1) is 17.3 Å². The molecule has 0 aliphatic heterocycles. The van der Waals surface area contributed by atoms with Crippen LogP contribution in [0.1, 0.15) is 24.3 Å². The molecule has 1 aromatic heterocycles. The summed E-state index contributed by atoms with van der Waals surface area (Å²) in [6.07, 6.45) is -0.501. The molecule has 2 nitrogen and oxygen atoms in total. The molecule has 2 heteroatoms. The number of nitrogens with zero attached hydrogens (tertiary/aromatic N) is 1. The van der Waals surface area contributed by atoms with E-state index in [0.717, 1.165) is 22.2 Å². The maximum Gasteiger partial charge on any atom is 0.0932 e. The fourth-order valence-electron chi connectivity index (χ4n) is 1.54. The first-order valence-electron chi connectivity index (χ1n) is 4.73. The average molecular weight is 187 g/mol. The van der Waals surface area contributed by atoms with Crippen LogP contribution in [0.3, 0.4) is 0 Å². The fraction of sp³-hybridized carbons (Fsp3) is 0.250. The first-order valence-corrected chi connectivity index (χ1v) is 4.73. The van der Waals surface area contributed by atoms with Crippen LogP contribution in [-0.2, 0) is 0 Å². The molecule has 14 heavy (non-hydrogen) atoms. The summed E-state index contributed by atoms with van der Waals surface area (Å²) in [6, 6.07) is 9.94. The number of hydrogen-bond donors (Lipinski definition) is 1. The molecule has 1 heterocycles. The van der Waals surface area contributed by atoms with Crippen LogP contribution >= 0.6 is 0 Å². The van der Waals surface area contributed by atoms with Crippen LogP contribution in [0.15, 0.2) is 30.3 Å². The highest BCUT2D eigenvalue weighted by atomic mass is 16.3. The molecule has 1 unspecified atom stereocenters. The van der Waals surface area contributed by atoms with Crippen molar-refractivity contribution in [1.29, 1.82) is 0 Å². The summed E-state index contributed by atoms with van der Waals surface area (Å²) in [5.74, 6) is 0. The van der Waals surface area contributed by atoms with Crippen molar-refractivity contribution in [3.05, 3.63) is 41.6 Å². The topological polar surface area (TPSA) is 33.1 Å². The molecule has 0 amide bonds. The summed E-state index contributed by atoms with van der Waals surface area (Å²) in [7, 11) is 0. The Bertz CT molecular complexity index is 463. The van der Waals surface area contributed by atoms with Crippen molar-refractivity contribution in [3.63, 3.8) is 0 Å². The molecular formula is C12H13NO. The number of para-hydroxylation sites is 1. The van der Waals surface area contributed by atoms with E-state index in [-0.39, 0.29) is 0 Å². The van der Waals surface area contributed by atoms with Gasteiger partial charge in [0.2, 0.25) is 0 Å². The lowest BCUT2D eigenvalue weighted by Crippen LogP contribution is -1.96. The summed E-state index contributed by atoms with van der Waals surface area (Å²) in [5, 5.41) is 10.5. The zero-order chi connectivity index (χ0) is 10.1. The molecule has 0 bridgehead atoms. The van der Waals surface area contributed by atoms with E-state index in [1.807, 2.05) is 37.3 Å². The van der Waals surface area contributed by atoms with Gasteiger partial charge in [0.1, 0.15) is 0 Å². The van der Waals surface area contributed by atoms with Crippen LogP contribution in [0.5, 0.6) is 0 Å². The lowest BCUT2D eigenvalue weighted by Gasteiger charge is -2.06. The largest absolute Gasteiger partial charge is 0.387 e. The molecule has 2 aromatic rings. The van der Waals surface area contributed by atoms with Crippen molar-refractivity contribution in [2.24, 2.45) is 0 Å². The zero-order valence-electron chi connectivity index (χ0n) is 8.36. The van der Waals surface area contributed by atoms with Crippen molar-refractivity contribution in [2.45, 2.75) is 20.0 Å². The Morgan fingerprint density at radius 3 is 2.71 bits per heavy atom. The van der Waals surface area contributed by atoms with Crippen LogP contribution in [-0.4, -0.2) is 10.1 Å². The molecule has 1 N–H and O–H groups in total. The van der Waals surface area contributed by atoms with Gasteiger partial charge in [0.25, 0.3) is 0 Å². The van der Waals surface area contributed by atoms with E-state index in [9.17, 15) is 5.11 Å². The smallest absolute Gasteiger partial charge is 0.0932 e. The molecule has 0 saturated heterocycles. The number of rotatable bonds is 1. The maximum atomic E-state index is 9.41. The molecule has 72 valence electrons. The van der Waals surface area contributed by atoms with Crippen molar-refractivity contribution in [1.82, 2.24) is 4.98 Å². The number of pyridine rings is 1. The van der Waals surface area contributed by atoms with Gasteiger partial charge in [-0.1, -0.05) is 24.3 Å². The first-order chi connectivity index (χ1) is 6.68.